The number of hydrogen-bond donors (Lipinski definition) is 0. The summed E-state index contributed by atoms with van der Waals surface area (Å²) in [4.78, 5) is 0. The second-order valence-corrected chi connectivity index (χ2v) is 4.47. The van der Waals surface area contributed by atoms with Gasteiger partial charge in [-0.25, -0.2) is 0 Å². The first-order valence-corrected chi connectivity index (χ1v) is 5.29. The highest BCUT2D eigenvalue weighted by Gasteiger charge is 2.20. The van der Waals surface area contributed by atoms with Crippen molar-refractivity contribution >= 4 is 0 Å². The van der Waals surface area contributed by atoms with Gasteiger partial charge in [-0.3, -0.25) is 0 Å². The highest BCUT2D eigenvalue weighted by molar-refractivity contribution is 5.09. The van der Waals surface area contributed by atoms with E-state index in [4.69, 9.17) is 0 Å². The highest BCUT2D eigenvalue weighted by Crippen LogP contribution is 2.30. The lowest BCUT2D eigenvalue weighted by Gasteiger charge is -2.26. The zero-order valence-electron chi connectivity index (χ0n) is 9.80. The van der Waals surface area contributed by atoms with Gasteiger partial charge in [-0.1, -0.05) is 59.3 Å². The summed E-state index contributed by atoms with van der Waals surface area (Å²) in [6.45, 7) is 15.1. The minimum atomic E-state index is 0.156. The Labute approximate surface area is 83.7 Å². The Morgan fingerprint density at radius 3 is 2.15 bits per heavy atom. The van der Waals surface area contributed by atoms with E-state index in [9.17, 15) is 0 Å². The lowest BCUT2D eigenvalue weighted by molar-refractivity contribution is 0.381. The van der Waals surface area contributed by atoms with Gasteiger partial charge in [0.15, 0.2) is 0 Å². The van der Waals surface area contributed by atoms with E-state index in [2.05, 4.69) is 59.4 Å². The molecule has 0 aromatic rings. The first-order chi connectivity index (χ1) is 5.96. The van der Waals surface area contributed by atoms with Gasteiger partial charge in [-0.05, 0) is 11.8 Å². The molecule has 0 rings (SSSR count). The fourth-order valence-electron chi connectivity index (χ4n) is 1.00. The molecule has 0 fully saturated rings. The SMILES string of the molecule is C=CC(C)(C=CC(C)CC)C(C)C. The Hall–Kier alpha value is -0.520. The Balaban J connectivity index is 4.43. The van der Waals surface area contributed by atoms with Gasteiger partial charge in [-0.2, -0.15) is 0 Å². The van der Waals surface area contributed by atoms with Crippen molar-refractivity contribution in [3.8, 4) is 0 Å². The zero-order valence-corrected chi connectivity index (χ0v) is 9.80. The smallest absolute Gasteiger partial charge is 0.00531 e. The third-order valence-corrected chi connectivity index (χ3v) is 3.11. The van der Waals surface area contributed by atoms with Gasteiger partial charge in [0, 0.05) is 5.41 Å². The molecule has 0 bridgehead atoms. The van der Waals surface area contributed by atoms with Crippen molar-refractivity contribution in [1.29, 1.82) is 0 Å². The molecule has 0 aromatic heterocycles. The third-order valence-electron chi connectivity index (χ3n) is 3.11. The van der Waals surface area contributed by atoms with Crippen LogP contribution < -0.4 is 0 Å². The molecule has 0 spiro atoms. The molecule has 0 heteroatoms. The van der Waals surface area contributed by atoms with Crippen molar-refractivity contribution in [3.05, 3.63) is 24.8 Å². The Kier molecular flexibility index (Phi) is 5.05. The van der Waals surface area contributed by atoms with Crippen molar-refractivity contribution in [2.24, 2.45) is 17.3 Å². The van der Waals surface area contributed by atoms with Crippen LogP contribution >= 0.6 is 0 Å². The van der Waals surface area contributed by atoms with Crippen LogP contribution in [-0.4, -0.2) is 0 Å². The molecule has 0 aromatic carbocycles. The monoisotopic (exact) mass is 180 g/mol. The number of hydrogen-bond acceptors (Lipinski definition) is 0. The molecular formula is C13H24. The summed E-state index contributed by atoms with van der Waals surface area (Å²) in [6, 6.07) is 0. The second-order valence-electron chi connectivity index (χ2n) is 4.47. The summed E-state index contributed by atoms with van der Waals surface area (Å²) < 4.78 is 0. The maximum atomic E-state index is 3.91. The molecule has 0 aliphatic rings. The topological polar surface area (TPSA) is 0 Å². The van der Waals surface area contributed by atoms with E-state index < -0.39 is 0 Å². The molecule has 0 N–H and O–H groups in total. The summed E-state index contributed by atoms with van der Waals surface area (Å²) in [5.74, 6) is 1.29. The second kappa shape index (κ2) is 5.26. The van der Waals surface area contributed by atoms with Gasteiger partial charge >= 0.3 is 0 Å². The minimum absolute atomic E-state index is 0.156. The van der Waals surface area contributed by atoms with Crippen LogP contribution in [0.2, 0.25) is 0 Å². The lowest BCUT2D eigenvalue weighted by Crippen LogP contribution is -2.17. The highest BCUT2D eigenvalue weighted by atomic mass is 14.2. The molecule has 2 unspecified atom stereocenters. The van der Waals surface area contributed by atoms with E-state index in [0.29, 0.717) is 11.8 Å². The van der Waals surface area contributed by atoms with Gasteiger partial charge in [0.2, 0.25) is 0 Å². The Bertz CT molecular complexity index is 176. The molecule has 13 heavy (non-hydrogen) atoms. The number of rotatable bonds is 5. The summed E-state index contributed by atoms with van der Waals surface area (Å²) in [5.41, 5.74) is 0.156. The summed E-state index contributed by atoms with van der Waals surface area (Å²) in [5, 5.41) is 0. The van der Waals surface area contributed by atoms with Crippen molar-refractivity contribution in [2.75, 3.05) is 0 Å². The summed E-state index contributed by atoms with van der Waals surface area (Å²) >= 11 is 0. The maximum Gasteiger partial charge on any atom is 0.00531 e. The lowest BCUT2D eigenvalue weighted by atomic mass is 9.78. The van der Waals surface area contributed by atoms with Gasteiger partial charge < -0.3 is 0 Å². The zero-order chi connectivity index (χ0) is 10.5. The summed E-state index contributed by atoms with van der Waals surface area (Å²) in [6.07, 6.45) is 7.87. The number of allylic oxidation sites excluding steroid dienone is 3. The third kappa shape index (κ3) is 3.80. The first-order valence-electron chi connectivity index (χ1n) is 5.29. The first kappa shape index (κ1) is 12.5. The average Bonchev–Trinajstić information content (AvgIpc) is 2.13. The molecule has 0 aliphatic heterocycles. The largest absolute Gasteiger partial charge is 0.102 e. The van der Waals surface area contributed by atoms with Crippen LogP contribution in [0.4, 0.5) is 0 Å². The van der Waals surface area contributed by atoms with E-state index in [1.54, 1.807) is 0 Å². The minimum Gasteiger partial charge on any atom is -0.102 e. The molecule has 0 amide bonds. The standard InChI is InChI=1S/C13H24/c1-7-12(5)9-10-13(6,8-2)11(3)4/h8-12H,2,7H2,1,3-6H3. The van der Waals surface area contributed by atoms with Gasteiger partial charge in [0.05, 0.1) is 0 Å². The van der Waals surface area contributed by atoms with Gasteiger partial charge in [0.1, 0.15) is 0 Å². The van der Waals surface area contributed by atoms with Crippen molar-refractivity contribution < 1.29 is 0 Å². The molecule has 0 heterocycles. The van der Waals surface area contributed by atoms with Crippen LogP contribution in [0.3, 0.4) is 0 Å². The van der Waals surface area contributed by atoms with Crippen LogP contribution in [0.1, 0.15) is 41.0 Å². The molecule has 2 atom stereocenters. The Morgan fingerprint density at radius 2 is 1.85 bits per heavy atom. The maximum absolute atomic E-state index is 3.91. The normalized spacial score (nSPS) is 18.9. The van der Waals surface area contributed by atoms with E-state index in [1.807, 2.05) is 0 Å². The molecule has 0 saturated carbocycles. The van der Waals surface area contributed by atoms with E-state index in [0.717, 1.165) is 0 Å². The Morgan fingerprint density at radius 1 is 1.31 bits per heavy atom. The van der Waals surface area contributed by atoms with Crippen LogP contribution in [0.15, 0.2) is 24.8 Å². The van der Waals surface area contributed by atoms with E-state index in [1.165, 1.54) is 6.42 Å². The molecular weight excluding hydrogens is 156 g/mol. The molecule has 0 saturated heterocycles. The quantitative estimate of drug-likeness (QED) is 0.549. The van der Waals surface area contributed by atoms with Crippen LogP contribution in [0.25, 0.3) is 0 Å². The molecule has 0 nitrogen and oxygen atoms in total. The molecule has 76 valence electrons. The summed E-state index contributed by atoms with van der Waals surface area (Å²) in [7, 11) is 0. The fourth-order valence-corrected chi connectivity index (χ4v) is 1.00. The van der Waals surface area contributed by atoms with Crippen molar-refractivity contribution in [2.45, 2.75) is 41.0 Å². The molecule has 0 aliphatic carbocycles. The van der Waals surface area contributed by atoms with Crippen molar-refractivity contribution in [3.63, 3.8) is 0 Å². The van der Waals surface area contributed by atoms with Crippen LogP contribution in [-0.2, 0) is 0 Å². The van der Waals surface area contributed by atoms with Crippen molar-refractivity contribution in [1.82, 2.24) is 0 Å². The molecule has 0 radical (unpaired) electrons. The van der Waals surface area contributed by atoms with E-state index >= 15 is 0 Å². The van der Waals surface area contributed by atoms with Gasteiger partial charge in [-0.15, -0.1) is 6.58 Å². The van der Waals surface area contributed by atoms with E-state index in [-0.39, 0.29) is 5.41 Å². The predicted molar refractivity (Wildman–Crippen MR) is 61.7 cm³/mol. The average molecular weight is 180 g/mol. The fraction of sp³-hybridized carbons (Fsp3) is 0.692. The van der Waals surface area contributed by atoms with Crippen LogP contribution in [0, 0.1) is 17.3 Å². The predicted octanol–water partition coefficient (Wildman–Crippen LogP) is 4.44. The van der Waals surface area contributed by atoms with Gasteiger partial charge in [0.25, 0.3) is 0 Å². The van der Waals surface area contributed by atoms with Crippen LogP contribution in [0.5, 0.6) is 0 Å².